The predicted molar refractivity (Wildman–Crippen MR) is 118 cm³/mol. The van der Waals surface area contributed by atoms with Gasteiger partial charge in [-0.3, -0.25) is 0 Å². The molecule has 0 aliphatic carbocycles. The van der Waals surface area contributed by atoms with Crippen LogP contribution in [-0.2, 0) is 0 Å². The molecule has 0 heterocycles. The van der Waals surface area contributed by atoms with Crippen LogP contribution < -0.4 is 0 Å². The molecule has 0 aromatic heterocycles. The van der Waals surface area contributed by atoms with Crippen molar-refractivity contribution < 1.29 is 9.59 Å². The molecule has 0 rings (SSSR count). The number of halogens is 1. The maximum Gasteiger partial charge on any atom is 0.116 e. The molecule has 0 aliphatic rings. The average Bonchev–Trinajstić information content (AvgIpc) is 2.67. The second-order valence-electron chi connectivity index (χ2n) is 8.28. The molecule has 0 saturated heterocycles. The third kappa shape index (κ3) is 14.3. The van der Waals surface area contributed by atoms with E-state index in [0.717, 1.165) is 24.1 Å². The van der Waals surface area contributed by atoms with E-state index in [1.165, 1.54) is 96.4 Å². The highest BCUT2D eigenvalue weighted by atomic mass is 35.5. The fourth-order valence-corrected chi connectivity index (χ4v) is 4.12. The fourth-order valence-electron chi connectivity index (χ4n) is 4.03. The number of aliphatic hydroxyl groups excluding tert-OH is 1. The van der Waals surface area contributed by atoms with Crippen LogP contribution in [0, 0.1) is 0 Å². The van der Waals surface area contributed by atoms with E-state index in [9.17, 15) is 5.11 Å². The summed E-state index contributed by atoms with van der Waals surface area (Å²) in [5.74, 6) is 0.360. The van der Waals surface area contributed by atoms with Crippen LogP contribution >= 0.6 is 11.6 Å². The third-order valence-electron chi connectivity index (χ3n) is 6.10. The fraction of sp³-hybridized carbons (Fsp3) is 1.00. The van der Waals surface area contributed by atoms with Gasteiger partial charge in [0.25, 0.3) is 0 Å². The second kappa shape index (κ2) is 18.6. The van der Waals surface area contributed by atoms with Gasteiger partial charge in [-0.25, -0.2) is 0 Å². The summed E-state index contributed by atoms with van der Waals surface area (Å²) in [6.07, 6.45) is 19.4. The zero-order valence-electron chi connectivity index (χ0n) is 18.3. The van der Waals surface area contributed by atoms with E-state index in [-0.39, 0.29) is 6.10 Å². The van der Waals surface area contributed by atoms with Gasteiger partial charge in [0.05, 0.1) is 25.5 Å². The van der Waals surface area contributed by atoms with Gasteiger partial charge in [-0.2, -0.15) is 0 Å². The normalized spacial score (nSPS) is 13.3. The van der Waals surface area contributed by atoms with Crippen molar-refractivity contribution in [1.82, 2.24) is 0 Å². The van der Waals surface area contributed by atoms with Gasteiger partial charge in [-0.05, 0) is 26.7 Å². The second-order valence-corrected chi connectivity index (χ2v) is 8.59. The van der Waals surface area contributed by atoms with Crippen LogP contribution in [0.2, 0.25) is 0 Å². The summed E-state index contributed by atoms with van der Waals surface area (Å²) >= 11 is 5.80. The van der Waals surface area contributed by atoms with Gasteiger partial charge in [0.2, 0.25) is 0 Å². The lowest BCUT2D eigenvalue weighted by molar-refractivity contribution is -0.927. The molecule has 0 aromatic rings. The minimum absolute atomic E-state index is 0.358. The highest BCUT2D eigenvalue weighted by molar-refractivity contribution is 6.18. The number of rotatable bonds is 20. The molecule has 1 atom stereocenters. The Morgan fingerprint density at radius 3 is 1.38 bits per heavy atom. The van der Waals surface area contributed by atoms with Crippen molar-refractivity contribution >= 4 is 11.6 Å². The molecule has 1 unspecified atom stereocenters. The van der Waals surface area contributed by atoms with Crippen molar-refractivity contribution in [2.24, 2.45) is 0 Å². The molecular formula is C23H49ClNO+. The molecule has 26 heavy (non-hydrogen) atoms. The number of nitrogens with zero attached hydrogens (tertiary/aromatic N) is 1. The number of aliphatic hydroxyl groups is 1. The van der Waals surface area contributed by atoms with E-state index in [4.69, 9.17) is 11.6 Å². The van der Waals surface area contributed by atoms with E-state index < -0.39 is 0 Å². The Hall–Kier alpha value is 0.210. The van der Waals surface area contributed by atoms with Crippen LogP contribution in [0.4, 0.5) is 0 Å². The first-order valence-electron chi connectivity index (χ1n) is 11.7. The standard InChI is InChI=1S/C23H49ClNO/c1-4-7-8-9-10-11-12-13-14-15-16-17-18-19-20-25(5-2,6-3)22-23(26)21-24/h23,26H,4-22H2,1-3H3/q+1. The molecule has 0 fully saturated rings. The van der Waals surface area contributed by atoms with Gasteiger partial charge in [0.1, 0.15) is 12.6 Å². The maximum atomic E-state index is 9.92. The van der Waals surface area contributed by atoms with Crippen molar-refractivity contribution in [1.29, 1.82) is 0 Å². The molecule has 0 saturated carbocycles. The Balaban J connectivity index is 3.51. The van der Waals surface area contributed by atoms with Crippen LogP contribution in [0.5, 0.6) is 0 Å². The van der Waals surface area contributed by atoms with E-state index in [1.54, 1.807) is 0 Å². The quantitative estimate of drug-likeness (QED) is 0.136. The molecule has 3 heteroatoms. The van der Waals surface area contributed by atoms with Crippen molar-refractivity contribution in [3.63, 3.8) is 0 Å². The van der Waals surface area contributed by atoms with Gasteiger partial charge in [-0.1, -0.05) is 84.0 Å². The van der Waals surface area contributed by atoms with Crippen LogP contribution in [0.25, 0.3) is 0 Å². The van der Waals surface area contributed by atoms with Crippen molar-refractivity contribution in [2.45, 2.75) is 117 Å². The SMILES string of the molecule is CCCCCCCCCCCCCCCC[N+](CC)(CC)CC(O)CCl. The Morgan fingerprint density at radius 1 is 0.654 bits per heavy atom. The largest absolute Gasteiger partial charge is 0.386 e. The van der Waals surface area contributed by atoms with Crippen molar-refractivity contribution in [3.05, 3.63) is 0 Å². The van der Waals surface area contributed by atoms with Crippen LogP contribution in [-0.4, -0.2) is 47.8 Å². The molecule has 0 radical (unpaired) electrons. The molecule has 0 aromatic carbocycles. The smallest absolute Gasteiger partial charge is 0.116 e. The van der Waals surface area contributed by atoms with Crippen LogP contribution in [0.15, 0.2) is 0 Å². The first-order chi connectivity index (χ1) is 12.6. The lowest BCUT2D eigenvalue weighted by atomic mass is 10.0. The average molecular weight is 391 g/mol. The monoisotopic (exact) mass is 390 g/mol. The third-order valence-corrected chi connectivity index (χ3v) is 6.46. The highest BCUT2D eigenvalue weighted by Crippen LogP contribution is 2.15. The minimum atomic E-state index is -0.358. The Kier molecular flexibility index (Phi) is 18.7. The lowest BCUT2D eigenvalue weighted by Gasteiger charge is -2.38. The number of alkyl halides is 1. The zero-order valence-corrected chi connectivity index (χ0v) is 19.0. The van der Waals surface area contributed by atoms with Gasteiger partial charge < -0.3 is 9.59 Å². The van der Waals surface area contributed by atoms with Crippen molar-refractivity contribution in [2.75, 3.05) is 32.1 Å². The summed E-state index contributed by atoms with van der Waals surface area (Å²) in [4.78, 5) is 0. The lowest BCUT2D eigenvalue weighted by Crippen LogP contribution is -2.52. The number of unbranched alkanes of at least 4 members (excludes halogenated alkanes) is 13. The summed E-state index contributed by atoms with van der Waals surface area (Å²) in [7, 11) is 0. The number of hydrogen-bond acceptors (Lipinski definition) is 1. The van der Waals surface area contributed by atoms with Gasteiger partial charge in [-0.15, -0.1) is 11.6 Å². The molecule has 0 aliphatic heterocycles. The van der Waals surface area contributed by atoms with Crippen LogP contribution in [0.1, 0.15) is 111 Å². The number of quaternary nitrogens is 1. The van der Waals surface area contributed by atoms with E-state index in [1.807, 2.05) is 0 Å². The molecule has 158 valence electrons. The summed E-state index contributed by atoms with van der Waals surface area (Å²) in [6, 6.07) is 0. The zero-order chi connectivity index (χ0) is 19.5. The molecule has 0 bridgehead atoms. The summed E-state index contributed by atoms with van der Waals surface area (Å²) in [6.45, 7) is 11.0. The first kappa shape index (κ1) is 26.2. The van der Waals surface area contributed by atoms with Gasteiger partial charge in [0, 0.05) is 0 Å². The van der Waals surface area contributed by atoms with Gasteiger partial charge >= 0.3 is 0 Å². The topological polar surface area (TPSA) is 20.2 Å². The Morgan fingerprint density at radius 2 is 1.04 bits per heavy atom. The Labute approximate surface area is 170 Å². The number of hydrogen-bond donors (Lipinski definition) is 1. The maximum absolute atomic E-state index is 9.92. The van der Waals surface area contributed by atoms with E-state index in [0.29, 0.717) is 5.88 Å². The van der Waals surface area contributed by atoms with Crippen molar-refractivity contribution in [3.8, 4) is 0 Å². The summed E-state index contributed by atoms with van der Waals surface area (Å²) < 4.78 is 1.02. The Bertz CT molecular complexity index is 281. The van der Waals surface area contributed by atoms with E-state index in [2.05, 4.69) is 20.8 Å². The minimum Gasteiger partial charge on any atom is -0.386 e. The van der Waals surface area contributed by atoms with E-state index >= 15 is 0 Å². The summed E-state index contributed by atoms with van der Waals surface area (Å²) in [5, 5.41) is 9.92. The van der Waals surface area contributed by atoms with Gasteiger partial charge in [0.15, 0.2) is 0 Å². The van der Waals surface area contributed by atoms with Crippen LogP contribution in [0.3, 0.4) is 0 Å². The molecular weight excluding hydrogens is 342 g/mol. The highest BCUT2D eigenvalue weighted by Gasteiger charge is 2.25. The molecule has 2 nitrogen and oxygen atoms in total. The molecule has 0 spiro atoms. The molecule has 0 amide bonds. The summed E-state index contributed by atoms with van der Waals surface area (Å²) in [5.41, 5.74) is 0. The first-order valence-corrected chi connectivity index (χ1v) is 12.3. The number of likely N-dealkylation sites (N-methyl/N-ethyl adjacent to an activating group) is 1. The molecule has 1 N–H and O–H groups in total. The predicted octanol–water partition coefficient (Wildman–Crippen LogP) is 6.92.